The highest BCUT2D eigenvalue weighted by Gasteiger charge is 2.28. The van der Waals surface area contributed by atoms with E-state index < -0.39 is 0 Å². The van der Waals surface area contributed by atoms with Crippen molar-refractivity contribution in [3.63, 3.8) is 0 Å². The highest BCUT2D eigenvalue weighted by molar-refractivity contribution is 6.04. The summed E-state index contributed by atoms with van der Waals surface area (Å²) in [6.45, 7) is 16.4. The molecule has 0 heterocycles. The minimum atomic E-state index is 0.0432. The minimum Gasteiger partial charge on any atom is -0.490 e. The summed E-state index contributed by atoms with van der Waals surface area (Å²) >= 11 is 0. The summed E-state index contributed by atoms with van der Waals surface area (Å²) in [5.74, 6) is 3.39. The van der Waals surface area contributed by atoms with Crippen LogP contribution < -0.4 is 18.9 Å². The zero-order valence-corrected chi connectivity index (χ0v) is 19.7. The number of ether oxygens (including phenoxy) is 4. The van der Waals surface area contributed by atoms with Crippen LogP contribution >= 0.6 is 0 Å². The van der Waals surface area contributed by atoms with E-state index in [1.807, 2.05) is 39.8 Å². The van der Waals surface area contributed by atoms with Crippen molar-refractivity contribution >= 4 is 10.8 Å². The molecule has 0 radical (unpaired) electrons. The van der Waals surface area contributed by atoms with E-state index in [0.29, 0.717) is 0 Å². The average Bonchev–Trinajstić information content (AvgIpc) is 2.64. The molecule has 4 heteroatoms. The molecule has 4 nitrogen and oxygen atoms in total. The third-order valence-corrected chi connectivity index (χ3v) is 4.74. The zero-order chi connectivity index (χ0) is 22.0. The maximum atomic E-state index is 6.44. The molecule has 0 atom stereocenters. The molecule has 0 amide bonds. The Morgan fingerprint density at radius 3 is 1.17 bits per heavy atom. The molecule has 0 fully saturated rings. The molecule has 0 saturated carbocycles. The van der Waals surface area contributed by atoms with Crippen molar-refractivity contribution in [3.05, 3.63) is 35.4 Å². The molecule has 164 valence electrons. The van der Waals surface area contributed by atoms with Gasteiger partial charge in [0.2, 0.25) is 0 Å². The fraction of sp³-hybridized carbons (Fsp3) is 0.538. The number of rotatable bonds is 8. The van der Waals surface area contributed by atoms with Gasteiger partial charge in [0.15, 0.2) is 0 Å². The van der Waals surface area contributed by atoms with Gasteiger partial charge in [-0.2, -0.15) is 0 Å². The molecule has 0 aliphatic heterocycles. The zero-order valence-electron chi connectivity index (χ0n) is 19.7. The standard InChI is InChI=1S/C26H36O4/c1-15(2)27-21-13-14-22(28-16(3)4)24-23(21)25(29-17(5)6)19-11-9-10-12-20(19)26(24)30-18(7)8/h9-10,13-18H,11-12H2,1-8H3. The number of fused-ring (bicyclic) bond motifs is 2. The Morgan fingerprint density at radius 2 is 0.867 bits per heavy atom. The number of allylic oxidation sites excluding steroid dienone is 2. The van der Waals surface area contributed by atoms with Gasteiger partial charge in [0.25, 0.3) is 0 Å². The van der Waals surface area contributed by atoms with Crippen molar-refractivity contribution < 1.29 is 18.9 Å². The summed E-state index contributed by atoms with van der Waals surface area (Å²) in [5.41, 5.74) is 2.37. The second kappa shape index (κ2) is 9.20. The molecule has 30 heavy (non-hydrogen) atoms. The Balaban J connectivity index is 2.46. The van der Waals surface area contributed by atoms with Crippen LogP contribution in [0.15, 0.2) is 24.3 Å². The van der Waals surface area contributed by atoms with Crippen LogP contribution in [-0.2, 0) is 12.8 Å². The first-order valence-electron chi connectivity index (χ1n) is 11.1. The molecular formula is C26H36O4. The van der Waals surface area contributed by atoms with Gasteiger partial charge in [-0.05, 0) is 80.4 Å². The molecule has 2 aromatic carbocycles. The maximum Gasteiger partial charge on any atom is 0.135 e. The normalized spacial score (nSPS) is 13.5. The third-order valence-electron chi connectivity index (χ3n) is 4.74. The first kappa shape index (κ1) is 22.3. The fourth-order valence-corrected chi connectivity index (χ4v) is 3.86. The highest BCUT2D eigenvalue weighted by atomic mass is 16.5. The van der Waals surface area contributed by atoms with Gasteiger partial charge in [0.1, 0.15) is 23.0 Å². The molecule has 0 spiro atoms. The predicted octanol–water partition coefficient (Wildman–Crippen LogP) is 6.64. The molecule has 0 unspecified atom stereocenters. The molecule has 0 N–H and O–H groups in total. The van der Waals surface area contributed by atoms with Gasteiger partial charge in [-0.3, -0.25) is 0 Å². The van der Waals surface area contributed by atoms with E-state index in [4.69, 9.17) is 18.9 Å². The van der Waals surface area contributed by atoms with Gasteiger partial charge < -0.3 is 18.9 Å². The van der Waals surface area contributed by atoms with Crippen molar-refractivity contribution in [1.29, 1.82) is 0 Å². The van der Waals surface area contributed by atoms with Crippen molar-refractivity contribution in [1.82, 2.24) is 0 Å². The van der Waals surface area contributed by atoms with Gasteiger partial charge in [-0.1, -0.05) is 12.2 Å². The summed E-state index contributed by atoms with van der Waals surface area (Å²) in [7, 11) is 0. The van der Waals surface area contributed by atoms with Gasteiger partial charge >= 0.3 is 0 Å². The number of hydrogen-bond acceptors (Lipinski definition) is 4. The summed E-state index contributed by atoms with van der Waals surface area (Å²) in [4.78, 5) is 0. The van der Waals surface area contributed by atoms with Crippen LogP contribution in [0.5, 0.6) is 23.0 Å². The smallest absolute Gasteiger partial charge is 0.135 e. The van der Waals surface area contributed by atoms with E-state index in [0.717, 1.165) is 46.6 Å². The molecule has 0 saturated heterocycles. The first-order chi connectivity index (χ1) is 14.2. The Kier molecular flexibility index (Phi) is 6.84. The lowest BCUT2D eigenvalue weighted by Crippen LogP contribution is -2.16. The Hall–Kier alpha value is -2.36. The van der Waals surface area contributed by atoms with Gasteiger partial charge in [-0.15, -0.1) is 0 Å². The van der Waals surface area contributed by atoms with Crippen LogP contribution in [-0.4, -0.2) is 24.4 Å². The molecule has 0 bridgehead atoms. The largest absolute Gasteiger partial charge is 0.490 e. The third kappa shape index (κ3) is 4.69. The van der Waals surface area contributed by atoms with Crippen LogP contribution in [0.4, 0.5) is 0 Å². The summed E-state index contributed by atoms with van der Waals surface area (Å²) in [5, 5.41) is 1.89. The van der Waals surface area contributed by atoms with Crippen molar-refractivity contribution in [2.75, 3.05) is 0 Å². The fourth-order valence-electron chi connectivity index (χ4n) is 3.86. The Labute approximate surface area is 181 Å². The summed E-state index contributed by atoms with van der Waals surface area (Å²) in [6.07, 6.45) is 6.22. The molecule has 2 aromatic rings. The predicted molar refractivity (Wildman–Crippen MR) is 124 cm³/mol. The van der Waals surface area contributed by atoms with Crippen molar-refractivity contribution in [3.8, 4) is 23.0 Å². The molecule has 0 aromatic heterocycles. The minimum absolute atomic E-state index is 0.0432. The lowest BCUT2D eigenvalue weighted by molar-refractivity contribution is 0.225. The van der Waals surface area contributed by atoms with Crippen LogP contribution in [0.2, 0.25) is 0 Å². The lowest BCUT2D eigenvalue weighted by Gasteiger charge is -2.28. The monoisotopic (exact) mass is 412 g/mol. The Bertz CT molecular complexity index is 848. The van der Waals surface area contributed by atoms with E-state index >= 15 is 0 Å². The van der Waals surface area contributed by atoms with E-state index in [1.165, 1.54) is 11.1 Å². The number of hydrogen-bond donors (Lipinski definition) is 0. The molecule has 1 aliphatic carbocycles. The van der Waals surface area contributed by atoms with E-state index in [2.05, 4.69) is 39.8 Å². The number of benzene rings is 2. The van der Waals surface area contributed by atoms with E-state index in [1.54, 1.807) is 0 Å². The second-order valence-electron chi connectivity index (χ2n) is 8.97. The molecular weight excluding hydrogens is 376 g/mol. The molecule has 3 rings (SSSR count). The quantitative estimate of drug-likeness (QED) is 0.455. The first-order valence-corrected chi connectivity index (χ1v) is 11.1. The maximum absolute atomic E-state index is 6.44. The van der Waals surface area contributed by atoms with Crippen molar-refractivity contribution in [2.24, 2.45) is 0 Å². The lowest BCUT2D eigenvalue weighted by atomic mass is 9.89. The van der Waals surface area contributed by atoms with Gasteiger partial charge in [-0.25, -0.2) is 0 Å². The van der Waals surface area contributed by atoms with Crippen LogP contribution in [0.25, 0.3) is 10.8 Å². The van der Waals surface area contributed by atoms with Crippen molar-refractivity contribution in [2.45, 2.75) is 92.6 Å². The average molecular weight is 413 g/mol. The summed E-state index contributed by atoms with van der Waals surface area (Å²) in [6, 6.07) is 3.99. The second-order valence-corrected chi connectivity index (χ2v) is 8.97. The van der Waals surface area contributed by atoms with Crippen LogP contribution in [0, 0.1) is 0 Å². The topological polar surface area (TPSA) is 36.9 Å². The molecule has 1 aliphatic rings. The van der Waals surface area contributed by atoms with Gasteiger partial charge in [0.05, 0.1) is 35.2 Å². The highest BCUT2D eigenvalue weighted by Crippen LogP contribution is 2.51. The van der Waals surface area contributed by atoms with E-state index in [-0.39, 0.29) is 24.4 Å². The van der Waals surface area contributed by atoms with E-state index in [9.17, 15) is 0 Å². The van der Waals surface area contributed by atoms with Crippen LogP contribution in [0.1, 0.15) is 66.5 Å². The SMILES string of the molecule is CC(C)Oc1ccc(OC(C)C)c2c(OC(C)C)c3c(c(OC(C)C)c12)CC=CC3. The van der Waals surface area contributed by atoms with Gasteiger partial charge in [0, 0.05) is 11.1 Å². The Morgan fingerprint density at radius 1 is 0.533 bits per heavy atom. The summed E-state index contributed by atoms with van der Waals surface area (Å²) < 4.78 is 25.4. The van der Waals surface area contributed by atoms with Crippen LogP contribution in [0.3, 0.4) is 0 Å².